The maximum absolute atomic E-state index is 13.4. The van der Waals surface area contributed by atoms with Gasteiger partial charge in [0.15, 0.2) is 5.11 Å². The molecular weight excluding hydrogens is 439 g/mol. The lowest BCUT2D eigenvalue weighted by Gasteiger charge is -2.29. The molecule has 1 saturated heterocycles. The maximum atomic E-state index is 13.4. The number of ether oxygens (including phenoxy) is 1. The summed E-state index contributed by atoms with van der Waals surface area (Å²) in [5, 5.41) is 9.16. The Kier molecular flexibility index (Phi) is 6.46. The van der Waals surface area contributed by atoms with Crippen LogP contribution in [0.4, 0.5) is 18.9 Å². The summed E-state index contributed by atoms with van der Waals surface area (Å²) < 4.78 is 45.3. The van der Waals surface area contributed by atoms with Crippen molar-refractivity contribution in [2.24, 2.45) is 0 Å². The molecule has 1 heterocycles. The summed E-state index contributed by atoms with van der Waals surface area (Å²) in [6.45, 7) is 3.86. The maximum Gasteiger partial charge on any atom is 0.417 e. The van der Waals surface area contributed by atoms with Crippen LogP contribution in [0.3, 0.4) is 0 Å². The molecule has 0 N–H and O–H groups in total. The highest BCUT2D eigenvalue weighted by Crippen LogP contribution is 2.37. The Morgan fingerprint density at radius 3 is 2.38 bits per heavy atom. The van der Waals surface area contributed by atoms with E-state index in [0.29, 0.717) is 13.0 Å². The zero-order valence-corrected chi connectivity index (χ0v) is 18.7. The molecule has 1 fully saturated rings. The van der Waals surface area contributed by atoms with Crippen LogP contribution < -0.4 is 9.64 Å². The molecule has 3 rings (SSSR count). The fourth-order valence-corrected chi connectivity index (χ4v) is 4.18. The first-order valence-electron chi connectivity index (χ1n) is 9.91. The number of hydrogen-bond acceptors (Lipinski definition) is 4. The van der Waals surface area contributed by atoms with Gasteiger partial charge in [0.25, 0.3) is 5.91 Å². The Labute approximate surface area is 190 Å². The van der Waals surface area contributed by atoms with Crippen molar-refractivity contribution in [3.63, 3.8) is 0 Å². The number of thiocarbonyl (C=S) groups is 1. The van der Waals surface area contributed by atoms with Crippen LogP contribution in [0, 0.1) is 11.3 Å². The average molecular weight is 462 g/mol. The number of carbonyl (C=O) groups is 1. The van der Waals surface area contributed by atoms with Crippen molar-refractivity contribution in [3.05, 3.63) is 59.2 Å². The van der Waals surface area contributed by atoms with E-state index < -0.39 is 28.7 Å². The minimum atomic E-state index is -4.72. The van der Waals surface area contributed by atoms with Crippen molar-refractivity contribution < 1.29 is 22.7 Å². The zero-order valence-electron chi connectivity index (χ0n) is 17.9. The number of alkyl halides is 3. The molecule has 2 aromatic rings. The van der Waals surface area contributed by atoms with E-state index in [2.05, 4.69) is 0 Å². The number of methoxy groups -OCH3 is 1. The van der Waals surface area contributed by atoms with Gasteiger partial charge >= 0.3 is 6.18 Å². The second kappa shape index (κ2) is 8.79. The van der Waals surface area contributed by atoms with Crippen LogP contribution in [0.15, 0.2) is 42.5 Å². The van der Waals surface area contributed by atoms with Crippen molar-refractivity contribution in [2.75, 3.05) is 18.6 Å². The first kappa shape index (κ1) is 23.5. The van der Waals surface area contributed by atoms with Crippen LogP contribution in [0.2, 0.25) is 0 Å². The Morgan fingerprint density at radius 1 is 1.16 bits per heavy atom. The molecule has 1 amide bonds. The molecule has 5 nitrogen and oxygen atoms in total. The summed E-state index contributed by atoms with van der Waals surface area (Å²) in [6, 6.07) is 12.4. The average Bonchev–Trinajstić information content (AvgIpc) is 2.92. The summed E-state index contributed by atoms with van der Waals surface area (Å²) in [7, 11) is 1.60. The SMILES string of the molecule is COc1ccc(CCCN2C(=S)N(c3ccc(C#N)c(C(F)(F)F)c3)C(=O)C2(C)C)cc1. The molecule has 0 unspecified atom stereocenters. The van der Waals surface area contributed by atoms with Crippen molar-refractivity contribution >= 4 is 28.9 Å². The van der Waals surface area contributed by atoms with Crippen LogP contribution >= 0.6 is 12.2 Å². The van der Waals surface area contributed by atoms with Crippen molar-refractivity contribution in [1.29, 1.82) is 5.26 Å². The monoisotopic (exact) mass is 461 g/mol. The minimum Gasteiger partial charge on any atom is -0.497 e. The summed E-state index contributed by atoms with van der Waals surface area (Å²) >= 11 is 5.50. The molecule has 32 heavy (non-hydrogen) atoms. The third-order valence-corrected chi connectivity index (χ3v) is 5.92. The predicted molar refractivity (Wildman–Crippen MR) is 118 cm³/mol. The van der Waals surface area contributed by atoms with Gasteiger partial charge in [0.05, 0.1) is 30.0 Å². The molecular formula is C23H22F3N3O2S. The molecule has 0 aromatic heterocycles. The number of carbonyl (C=O) groups excluding carboxylic acids is 1. The van der Waals surface area contributed by atoms with Gasteiger partial charge < -0.3 is 9.64 Å². The van der Waals surface area contributed by atoms with E-state index in [4.69, 9.17) is 22.2 Å². The van der Waals surface area contributed by atoms with Crippen molar-refractivity contribution in [1.82, 2.24) is 4.90 Å². The molecule has 0 atom stereocenters. The summed E-state index contributed by atoms with van der Waals surface area (Å²) in [5.41, 5.74) is -1.52. The van der Waals surface area contributed by atoms with Crippen molar-refractivity contribution in [3.8, 4) is 11.8 Å². The number of aryl methyl sites for hydroxylation is 1. The van der Waals surface area contributed by atoms with E-state index in [1.54, 1.807) is 31.9 Å². The Hall–Kier alpha value is -3.12. The highest BCUT2D eigenvalue weighted by atomic mass is 32.1. The third kappa shape index (κ3) is 4.41. The lowest BCUT2D eigenvalue weighted by molar-refractivity contribution is -0.137. The van der Waals surface area contributed by atoms with Gasteiger partial charge in [0.2, 0.25) is 0 Å². The minimum absolute atomic E-state index is 0.00273. The van der Waals surface area contributed by atoms with Gasteiger partial charge in [0, 0.05) is 6.54 Å². The van der Waals surface area contributed by atoms with Crippen LogP contribution in [-0.4, -0.2) is 35.1 Å². The third-order valence-electron chi connectivity index (χ3n) is 5.52. The molecule has 168 valence electrons. The summed E-state index contributed by atoms with van der Waals surface area (Å²) in [4.78, 5) is 16.0. The van der Waals surface area contributed by atoms with Gasteiger partial charge in [-0.2, -0.15) is 18.4 Å². The molecule has 1 aliphatic rings. The fraction of sp³-hybridized carbons (Fsp3) is 0.348. The lowest BCUT2D eigenvalue weighted by atomic mass is 10.0. The van der Waals surface area contributed by atoms with Crippen LogP contribution in [-0.2, 0) is 17.4 Å². The Balaban J connectivity index is 1.81. The van der Waals surface area contributed by atoms with E-state index in [1.807, 2.05) is 24.3 Å². The van der Waals surface area contributed by atoms with Gasteiger partial charge in [-0.25, -0.2) is 0 Å². The number of nitrogens with zero attached hydrogens (tertiary/aromatic N) is 3. The number of amides is 1. The number of halogens is 3. The number of anilines is 1. The Bertz CT molecular complexity index is 1080. The molecule has 0 aliphatic carbocycles. The highest BCUT2D eigenvalue weighted by molar-refractivity contribution is 7.80. The highest BCUT2D eigenvalue weighted by Gasteiger charge is 2.49. The van der Waals surface area contributed by atoms with Gasteiger partial charge in [-0.05, 0) is 74.8 Å². The van der Waals surface area contributed by atoms with Gasteiger partial charge in [0.1, 0.15) is 11.3 Å². The zero-order chi connectivity index (χ0) is 23.7. The fourth-order valence-electron chi connectivity index (χ4n) is 3.68. The quantitative estimate of drug-likeness (QED) is 0.571. The predicted octanol–water partition coefficient (Wildman–Crippen LogP) is 4.93. The normalized spacial score (nSPS) is 15.8. The molecule has 0 radical (unpaired) electrons. The first-order valence-corrected chi connectivity index (χ1v) is 10.3. The molecule has 0 spiro atoms. The van der Waals surface area contributed by atoms with E-state index in [0.717, 1.165) is 34.8 Å². The second-order valence-electron chi connectivity index (χ2n) is 7.92. The Morgan fingerprint density at radius 2 is 1.81 bits per heavy atom. The number of rotatable bonds is 6. The summed E-state index contributed by atoms with van der Waals surface area (Å²) in [6.07, 6.45) is -3.29. The van der Waals surface area contributed by atoms with Crippen LogP contribution in [0.5, 0.6) is 5.75 Å². The van der Waals surface area contributed by atoms with E-state index in [-0.39, 0.29) is 10.8 Å². The second-order valence-corrected chi connectivity index (χ2v) is 8.29. The number of hydrogen-bond donors (Lipinski definition) is 0. The lowest BCUT2D eigenvalue weighted by Crippen LogP contribution is -2.44. The molecule has 0 saturated carbocycles. The summed E-state index contributed by atoms with van der Waals surface area (Å²) in [5.74, 6) is 0.349. The smallest absolute Gasteiger partial charge is 0.417 e. The van der Waals surface area contributed by atoms with Gasteiger partial charge in [-0.3, -0.25) is 9.69 Å². The van der Waals surface area contributed by atoms with E-state index in [1.165, 1.54) is 6.07 Å². The van der Waals surface area contributed by atoms with Crippen LogP contribution in [0.1, 0.15) is 37.0 Å². The topological polar surface area (TPSA) is 56.6 Å². The molecule has 1 aliphatic heterocycles. The standard InChI is InChI=1S/C23H22F3N3O2S/c1-22(2)20(30)29(17-9-8-16(14-27)19(13-17)23(24,25)26)21(32)28(22)12-4-5-15-6-10-18(31-3)11-7-15/h6-11,13H,4-5,12H2,1-3H3. The first-order chi connectivity index (χ1) is 15.0. The van der Waals surface area contributed by atoms with E-state index >= 15 is 0 Å². The number of nitriles is 1. The van der Waals surface area contributed by atoms with Crippen molar-refractivity contribution in [2.45, 2.75) is 38.4 Å². The molecule has 2 aromatic carbocycles. The largest absolute Gasteiger partial charge is 0.497 e. The van der Waals surface area contributed by atoms with E-state index in [9.17, 15) is 18.0 Å². The van der Waals surface area contributed by atoms with Gasteiger partial charge in [-0.15, -0.1) is 0 Å². The molecule has 0 bridgehead atoms. The van der Waals surface area contributed by atoms with Crippen LogP contribution in [0.25, 0.3) is 0 Å². The van der Waals surface area contributed by atoms with Gasteiger partial charge in [-0.1, -0.05) is 12.1 Å². The number of benzene rings is 2. The molecule has 9 heteroatoms.